The molecule has 0 radical (unpaired) electrons. The van der Waals surface area contributed by atoms with Gasteiger partial charge < -0.3 is 0 Å². The molecule has 0 saturated heterocycles. The van der Waals surface area contributed by atoms with E-state index >= 15 is 0 Å². The fraction of sp³-hybridized carbons (Fsp3) is 0.250. The van der Waals surface area contributed by atoms with Gasteiger partial charge in [-0.3, -0.25) is 18.7 Å². The molecule has 0 fully saturated rings. The number of nitrogens with zero attached hydrogens (tertiary/aromatic N) is 3. The van der Waals surface area contributed by atoms with Gasteiger partial charge in [0.1, 0.15) is 5.82 Å². The number of Topliss-reactive ketones (excluding diaryl/α,β-unsaturated/α-hetero) is 1. The van der Waals surface area contributed by atoms with Crippen LogP contribution >= 0.6 is 0 Å². The SMILES string of the molecule is Cn1c2c(c(=O)n(C)c1=O)[C@@H](c1ccc(CCCCc3ccccc3)cc1)[C@@H]1C(=O)c3ccccc3C1=N2. The Balaban J connectivity index is 1.35. The number of hydrogen-bond donors (Lipinski definition) is 0. The van der Waals surface area contributed by atoms with E-state index in [0.29, 0.717) is 22.7 Å². The fourth-order valence-corrected chi connectivity index (χ4v) is 5.92. The smallest absolute Gasteiger partial charge is 0.293 e. The van der Waals surface area contributed by atoms with Gasteiger partial charge in [0.2, 0.25) is 0 Å². The Morgan fingerprint density at radius 2 is 1.29 bits per heavy atom. The van der Waals surface area contributed by atoms with Crippen molar-refractivity contribution < 1.29 is 4.79 Å². The summed E-state index contributed by atoms with van der Waals surface area (Å²) in [6.07, 6.45) is 4.22. The summed E-state index contributed by atoms with van der Waals surface area (Å²) in [7, 11) is 3.11. The molecule has 1 aliphatic carbocycles. The van der Waals surface area contributed by atoms with Crippen molar-refractivity contribution in [2.45, 2.75) is 31.6 Å². The highest BCUT2D eigenvalue weighted by Gasteiger charge is 2.47. The van der Waals surface area contributed by atoms with E-state index in [0.717, 1.165) is 41.4 Å². The highest BCUT2D eigenvalue weighted by atomic mass is 16.2. The standard InChI is InChI=1S/C32H29N3O3/c1-34-30-27(31(37)35(2)32(34)38)25(26-28(33-30)23-14-8-9-15-24(23)29(26)36)22-18-16-21(17-19-22)13-7-6-12-20-10-4-3-5-11-20/h3-5,8-11,14-19,25-26H,6-7,12-13H2,1-2H3/t25-,26-/m0/s1. The van der Waals surface area contributed by atoms with Crippen molar-refractivity contribution in [3.63, 3.8) is 0 Å². The van der Waals surface area contributed by atoms with Crippen LogP contribution < -0.4 is 11.2 Å². The average Bonchev–Trinajstić information content (AvgIpc) is 3.24. The molecule has 2 aliphatic rings. The summed E-state index contributed by atoms with van der Waals surface area (Å²) in [6, 6.07) is 26.2. The first-order valence-corrected chi connectivity index (χ1v) is 13.1. The van der Waals surface area contributed by atoms with E-state index in [1.807, 2.05) is 42.5 Å². The van der Waals surface area contributed by atoms with Crippen LogP contribution in [0.15, 0.2) is 93.4 Å². The fourth-order valence-electron chi connectivity index (χ4n) is 5.92. The van der Waals surface area contributed by atoms with Crippen LogP contribution in [-0.2, 0) is 26.9 Å². The van der Waals surface area contributed by atoms with E-state index in [2.05, 4.69) is 36.4 Å². The van der Waals surface area contributed by atoms with Gasteiger partial charge in [-0.05, 0) is 42.4 Å². The van der Waals surface area contributed by atoms with Crippen LogP contribution in [0.3, 0.4) is 0 Å². The number of hydrogen-bond acceptors (Lipinski definition) is 4. The van der Waals surface area contributed by atoms with Crippen molar-refractivity contribution in [1.82, 2.24) is 9.13 Å². The Morgan fingerprint density at radius 3 is 1.97 bits per heavy atom. The second-order valence-electron chi connectivity index (χ2n) is 10.2. The summed E-state index contributed by atoms with van der Waals surface area (Å²) in [5, 5.41) is 0. The topological polar surface area (TPSA) is 73.4 Å². The van der Waals surface area contributed by atoms with Crippen molar-refractivity contribution in [2.24, 2.45) is 25.0 Å². The minimum absolute atomic E-state index is 0.0316. The summed E-state index contributed by atoms with van der Waals surface area (Å²) in [5.74, 6) is -0.809. The minimum atomic E-state index is -0.596. The van der Waals surface area contributed by atoms with Crippen LogP contribution in [0.1, 0.15) is 56.9 Å². The monoisotopic (exact) mass is 503 g/mol. The molecule has 6 rings (SSSR count). The van der Waals surface area contributed by atoms with Crippen molar-refractivity contribution in [3.05, 3.63) is 133 Å². The number of carbonyl (C=O) groups is 1. The number of aliphatic imine (C=N–C) groups is 1. The van der Waals surface area contributed by atoms with E-state index < -0.39 is 23.1 Å². The first-order chi connectivity index (χ1) is 18.5. The molecule has 3 aromatic carbocycles. The van der Waals surface area contributed by atoms with E-state index in [1.165, 1.54) is 22.7 Å². The van der Waals surface area contributed by atoms with Crippen molar-refractivity contribution in [3.8, 4) is 0 Å². The molecule has 2 atom stereocenters. The van der Waals surface area contributed by atoms with Crippen LogP contribution in [0.25, 0.3) is 0 Å². The number of fused-ring (bicyclic) bond motifs is 4. The maximum atomic E-state index is 13.7. The molecule has 0 saturated carbocycles. The second-order valence-corrected chi connectivity index (χ2v) is 10.2. The van der Waals surface area contributed by atoms with Gasteiger partial charge in [0.05, 0.1) is 17.2 Å². The van der Waals surface area contributed by atoms with Gasteiger partial charge in [-0.2, -0.15) is 0 Å². The Morgan fingerprint density at radius 1 is 0.684 bits per heavy atom. The predicted molar refractivity (Wildman–Crippen MR) is 149 cm³/mol. The summed E-state index contributed by atoms with van der Waals surface area (Å²) in [6.45, 7) is 0. The normalized spacial score (nSPS) is 17.5. The largest absolute Gasteiger partial charge is 0.332 e. The zero-order valence-electron chi connectivity index (χ0n) is 21.6. The third kappa shape index (κ3) is 3.88. The summed E-state index contributed by atoms with van der Waals surface area (Å²) in [5.41, 5.74) is 5.07. The molecule has 190 valence electrons. The molecule has 1 aliphatic heterocycles. The average molecular weight is 504 g/mol. The van der Waals surface area contributed by atoms with E-state index in [1.54, 1.807) is 7.05 Å². The molecule has 6 nitrogen and oxygen atoms in total. The van der Waals surface area contributed by atoms with Gasteiger partial charge in [0.15, 0.2) is 5.78 Å². The maximum absolute atomic E-state index is 13.7. The second kappa shape index (κ2) is 9.53. The Bertz CT molecular complexity index is 1700. The van der Waals surface area contributed by atoms with E-state index in [9.17, 15) is 14.4 Å². The van der Waals surface area contributed by atoms with Gasteiger partial charge in [-0.25, -0.2) is 9.79 Å². The Hall–Kier alpha value is -4.32. The molecule has 6 heteroatoms. The van der Waals surface area contributed by atoms with Gasteiger partial charge >= 0.3 is 5.69 Å². The zero-order valence-corrected chi connectivity index (χ0v) is 21.6. The minimum Gasteiger partial charge on any atom is -0.293 e. The van der Waals surface area contributed by atoms with Gasteiger partial charge in [0, 0.05) is 31.1 Å². The van der Waals surface area contributed by atoms with Crippen LogP contribution in [0.4, 0.5) is 5.82 Å². The first kappa shape index (κ1) is 24.0. The number of aryl methyl sites for hydroxylation is 2. The van der Waals surface area contributed by atoms with Crippen molar-refractivity contribution in [1.29, 1.82) is 0 Å². The summed E-state index contributed by atoms with van der Waals surface area (Å²) >= 11 is 0. The number of ketones is 1. The summed E-state index contributed by atoms with van der Waals surface area (Å²) in [4.78, 5) is 44.7. The molecule has 2 heterocycles. The third-order valence-corrected chi connectivity index (χ3v) is 7.95. The van der Waals surface area contributed by atoms with E-state index in [4.69, 9.17) is 4.99 Å². The lowest BCUT2D eigenvalue weighted by Gasteiger charge is -2.30. The third-order valence-electron chi connectivity index (χ3n) is 7.95. The Labute approximate surface area is 220 Å². The van der Waals surface area contributed by atoms with Crippen LogP contribution in [0.2, 0.25) is 0 Å². The number of benzene rings is 3. The maximum Gasteiger partial charge on any atom is 0.332 e. The molecule has 0 amide bonds. The lowest BCUT2D eigenvalue weighted by molar-refractivity contribution is 0.0953. The molecule has 38 heavy (non-hydrogen) atoms. The number of aromatic nitrogens is 2. The lowest BCUT2D eigenvalue weighted by atomic mass is 9.76. The van der Waals surface area contributed by atoms with Gasteiger partial charge in [-0.1, -0.05) is 78.9 Å². The van der Waals surface area contributed by atoms with Gasteiger partial charge in [0.25, 0.3) is 5.56 Å². The van der Waals surface area contributed by atoms with Crippen LogP contribution in [0, 0.1) is 5.92 Å². The first-order valence-electron chi connectivity index (χ1n) is 13.1. The van der Waals surface area contributed by atoms with Crippen molar-refractivity contribution >= 4 is 17.3 Å². The number of rotatable bonds is 6. The zero-order chi connectivity index (χ0) is 26.4. The number of carbonyl (C=O) groups excluding carboxylic acids is 1. The molecule has 0 unspecified atom stereocenters. The van der Waals surface area contributed by atoms with Crippen molar-refractivity contribution in [2.75, 3.05) is 0 Å². The Kier molecular flexibility index (Phi) is 6.03. The van der Waals surface area contributed by atoms with Crippen LogP contribution in [0.5, 0.6) is 0 Å². The molecule has 0 bridgehead atoms. The molecular formula is C32H29N3O3. The molecule has 0 N–H and O–H groups in total. The number of unbranched alkanes of at least 4 members (excludes halogenated alkanes) is 1. The lowest BCUT2D eigenvalue weighted by Crippen LogP contribution is -2.43. The molecular weight excluding hydrogens is 474 g/mol. The summed E-state index contributed by atoms with van der Waals surface area (Å²) < 4.78 is 2.53. The van der Waals surface area contributed by atoms with Gasteiger partial charge in [-0.15, -0.1) is 0 Å². The molecule has 0 spiro atoms. The quantitative estimate of drug-likeness (QED) is 0.357. The highest BCUT2D eigenvalue weighted by Crippen LogP contribution is 2.46. The molecule has 4 aromatic rings. The van der Waals surface area contributed by atoms with E-state index in [-0.39, 0.29) is 5.78 Å². The van der Waals surface area contributed by atoms with Crippen LogP contribution in [-0.4, -0.2) is 20.6 Å². The predicted octanol–water partition coefficient (Wildman–Crippen LogP) is 4.73. The highest BCUT2D eigenvalue weighted by molar-refractivity contribution is 6.30. The molecule has 1 aromatic heterocycles.